The molecule has 0 atom stereocenters. The van der Waals surface area contributed by atoms with E-state index in [0.29, 0.717) is 10.6 Å². The highest BCUT2D eigenvalue weighted by Crippen LogP contribution is 2.28. The third kappa shape index (κ3) is 5.63. The molecule has 1 fully saturated rings. The molecule has 0 unspecified atom stereocenters. The summed E-state index contributed by atoms with van der Waals surface area (Å²) in [6.07, 6.45) is 4.95. The van der Waals surface area contributed by atoms with Crippen LogP contribution in [-0.2, 0) is 16.0 Å². The van der Waals surface area contributed by atoms with Gasteiger partial charge in [0, 0.05) is 11.6 Å². The van der Waals surface area contributed by atoms with Crippen LogP contribution in [0.4, 0.5) is 4.79 Å². The van der Waals surface area contributed by atoms with Gasteiger partial charge in [-0.05, 0) is 31.7 Å². The maximum atomic E-state index is 12.3. The van der Waals surface area contributed by atoms with Crippen molar-refractivity contribution in [2.24, 2.45) is 0 Å². The quantitative estimate of drug-likeness (QED) is 0.703. The Hall–Kier alpha value is -2.74. The standard InChI is InChI=1S/C21H25N3O4S/c1-3-14-8-10-15(11-9-14)19-22-13(2)18(29-19)20(26)28-12-17(25)24-21(27)23-16-6-4-5-7-16/h8-11,16H,3-7,12H2,1-2H3,(H2,23,24,25,27). The van der Waals surface area contributed by atoms with Gasteiger partial charge < -0.3 is 10.1 Å². The average molecular weight is 416 g/mol. The maximum Gasteiger partial charge on any atom is 0.350 e. The number of nitrogens with zero attached hydrogens (tertiary/aromatic N) is 1. The lowest BCUT2D eigenvalue weighted by Crippen LogP contribution is -2.44. The zero-order valence-corrected chi connectivity index (χ0v) is 17.4. The number of nitrogens with one attached hydrogen (secondary N) is 2. The van der Waals surface area contributed by atoms with E-state index in [2.05, 4.69) is 22.5 Å². The second-order valence-electron chi connectivity index (χ2n) is 7.06. The minimum Gasteiger partial charge on any atom is -0.451 e. The number of carbonyl (C=O) groups is 3. The third-order valence-electron chi connectivity index (χ3n) is 4.87. The number of aromatic nitrogens is 1. The van der Waals surface area contributed by atoms with Crippen LogP contribution in [0.25, 0.3) is 10.6 Å². The highest BCUT2D eigenvalue weighted by molar-refractivity contribution is 7.17. The Balaban J connectivity index is 1.52. The molecule has 1 aromatic heterocycles. The largest absolute Gasteiger partial charge is 0.451 e. The molecule has 8 heteroatoms. The topological polar surface area (TPSA) is 97.4 Å². The number of hydrogen-bond donors (Lipinski definition) is 2. The van der Waals surface area contributed by atoms with Crippen LogP contribution < -0.4 is 10.6 Å². The molecule has 1 aliphatic rings. The van der Waals surface area contributed by atoms with Crippen molar-refractivity contribution in [1.82, 2.24) is 15.6 Å². The summed E-state index contributed by atoms with van der Waals surface area (Å²) in [5, 5.41) is 5.66. The Morgan fingerprint density at radius 3 is 2.52 bits per heavy atom. The van der Waals surface area contributed by atoms with Crippen LogP contribution >= 0.6 is 11.3 Å². The zero-order chi connectivity index (χ0) is 20.8. The first-order valence-electron chi connectivity index (χ1n) is 9.80. The predicted octanol–water partition coefficient (Wildman–Crippen LogP) is 3.61. The van der Waals surface area contributed by atoms with Crippen LogP contribution in [0, 0.1) is 6.92 Å². The van der Waals surface area contributed by atoms with Gasteiger partial charge in [0.1, 0.15) is 9.88 Å². The third-order valence-corrected chi connectivity index (χ3v) is 6.06. The molecule has 0 bridgehead atoms. The number of benzene rings is 1. The summed E-state index contributed by atoms with van der Waals surface area (Å²) in [7, 11) is 0. The van der Waals surface area contributed by atoms with Crippen molar-refractivity contribution in [2.75, 3.05) is 6.61 Å². The SMILES string of the molecule is CCc1ccc(-c2nc(C)c(C(=O)OCC(=O)NC(=O)NC3CCCC3)s2)cc1. The van der Waals surface area contributed by atoms with Crippen molar-refractivity contribution in [1.29, 1.82) is 0 Å². The van der Waals surface area contributed by atoms with Gasteiger partial charge in [0.05, 0.1) is 5.69 Å². The maximum absolute atomic E-state index is 12.3. The van der Waals surface area contributed by atoms with Gasteiger partial charge in [-0.15, -0.1) is 11.3 Å². The summed E-state index contributed by atoms with van der Waals surface area (Å²) in [4.78, 5) is 40.8. The van der Waals surface area contributed by atoms with Crippen molar-refractivity contribution < 1.29 is 19.1 Å². The smallest absolute Gasteiger partial charge is 0.350 e. The molecule has 1 aliphatic carbocycles. The van der Waals surface area contributed by atoms with Gasteiger partial charge in [-0.3, -0.25) is 10.1 Å². The van der Waals surface area contributed by atoms with Gasteiger partial charge in [0.2, 0.25) is 0 Å². The molecular formula is C21H25N3O4S. The fourth-order valence-corrected chi connectivity index (χ4v) is 4.21. The minimum atomic E-state index is -0.661. The van der Waals surface area contributed by atoms with Crippen LogP contribution in [0.1, 0.15) is 53.5 Å². The molecule has 0 saturated heterocycles. The van der Waals surface area contributed by atoms with Gasteiger partial charge in [-0.1, -0.05) is 44.0 Å². The molecule has 1 heterocycles. The molecule has 7 nitrogen and oxygen atoms in total. The Labute approximate surface area is 173 Å². The van der Waals surface area contributed by atoms with Crippen LogP contribution in [0.5, 0.6) is 0 Å². The number of thiazole rings is 1. The Kier molecular flexibility index (Phi) is 6.98. The number of rotatable bonds is 6. The monoisotopic (exact) mass is 415 g/mol. The van der Waals surface area contributed by atoms with Gasteiger partial charge >= 0.3 is 12.0 Å². The average Bonchev–Trinajstić information content (AvgIpc) is 3.35. The molecule has 0 spiro atoms. The van der Waals surface area contributed by atoms with E-state index in [0.717, 1.165) is 42.7 Å². The van der Waals surface area contributed by atoms with Crippen LogP contribution in [-0.4, -0.2) is 35.5 Å². The number of aryl methyl sites for hydroxylation is 2. The summed E-state index contributed by atoms with van der Waals surface area (Å²) < 4.78 is 5.07. The van der Waals surface area contributed by atoms with E-state index < -0.39 is 24.5 Å². The normalized spacial score (nSPS) is 13.9. The van der Waals surface area contributed by atoms with Gasteiger partial charge in [-0.25, -0.2) is 14.6 Å². The molecule has 3 amide bonds. The van der Waals surface area contributed by atoms with E-state index in [1.807, 2.05) is 24.3 Å². The number of imide groups is 1. The minimum absolute atomic E-state index is 0.106. The second-order valence-corrected chi connectivity index (χ2v) is 8.06. The van der Waals surface area contributed by atoms with E-state index >= 15 is 0 Å². The predicted molar refractivity (Wildman–Crippen MR) is 111 cm³/mol. The number of hydrogen-bond acceptors (Lipinski definition) is 6. The number of ether oxygens (including phenoxy) is 1. The fraction of sp³-hybridized carbons (Fsp3) is 0.429. The molecule has 2 aromatic rings. The highest BCUT2D eigenvalue weighted by Gasteiger charge is 2.21. The first-order chi connectivity index (χ1) is 14.0. The fourth-order valence-electron chi connectivity index (χ4n) is 3.24. The van der Waals surface area contributed by atoms with Crippen molar-refractivity contribution in [3.63, 3.8) is 0 Å². The van der Waals surface area contributed by atoms with Gasteiger partial charge in [0.25, 0.3) is 5.91 Å². The van der Waals surface area contributed by atoms with E-state index in [9.17, 15) is 14.4 Å². The van der Waals surface area contributed by atoms with Crippen molar-refractivity contribution >= 4 is 29.2 Å². The summed E-state index contributed by atoms with van der Waals surface area (Å²) in [5.41, 5.74) is 2.70. The molecule has 0 aliphatic heterocycles. The van der Waals surface area contributed by atoms with E-state index in [1.54, 1.807) is 6.92 Å². The molecule has 1 saturated carbocycles. The molecule has 29 heavy (non-hydrogen) atoms. The second kappa shape index (κ2) is 9.65. The lowest BCUT2D eigenvalue weighted by molar-refractivity contribution is -0.123. The van der Waals surface area contributed by atoms with E-state index in [1.165, 1.54) is 16.9 Å². The molecule has 1 aromatic carbocycles. The number of amides is 3. The summed E-state index contributed by atoms with van der Waals surface area (Å²) in [6.45, 7) is 3.30. The Bertz CT molecular complexity index is 886. The molecule has 154 valence electrons. The van der Waals surface area contributed by atoms with Crippen molar-refractivity contribution in [2.45, 2.75) is 52.0 Å². The highest BCUT2D eigenvalue weighted by atomic mass is 32.1. The van der Waals surface area contributed by atoms with E-state index in [4.69, 9.17) is 4.74 Å². The van der Waals surface area contributed by atoms with Crippen LogP contribution in [0.3, 0.4) is 0 Å². The Morgan fingerprint density at radius 1 is 1.17 bits per heavy atom. The first kappa shape index (κ1) is 21.0. The van der Waals surface area contributed by atoms with E-state index in [-0.39, 0.29) is 6.04 Å². The van der Waals surface area contributed by atoms with Crippen LogP contribution in [0.15, 0.2) is 24.3 Å². The molecule has 2 N–H and O–H groups in total. The number of urea groups is 1. The Morgan fingerprint density at radius 2 is 1.86 bits per heavy atom. The van der Waals surface area contributed by atoms with Crippen molar-refractivity contribution in [3.8, 4) is 10.6 Å². The lowest BCUT2D eigenvalue weighted by atomic mass is 10.1. The molecule has 3 rings (SSSR count). The van der Waals surface area contributed by atoms with Crippen molar-refractivity contribution in [3.05, 3.63) is 40.4 Å². The zero-order valence-electron chi connectivity index (χ0n) is 16.6. The first-order valence-corrected chi connectivity index (χ1v) is 10.6. The summed E-state index contributed by atoms with van der Waals surface area (Å²) in [5.74, 6) is -1.28. The number of carbonyl (C=O) groups excluding carboxylic acids is 3. The summed E-state index contributed by atoms with van der Waals surface area (Å²) in [6, 6.07) is 7.57. The van der Waals surface area contributed by atoms with Crippen LogP contribution in [0.2, 0.25) is 0 Å². The van der Waals surface area contributed by atoms with Gasteiger partial charge in [0.15, 0.2) is 6.61 Å². The summed E-state index contributed by atoms with van der Waals surface area (Å²) >= 11 is 1.22. The molecule has 0 radical (unpaired) electrons. The number of esters is 1. The lowest BCUT2D eigenvalue weighted by Gasteiger charge is -2.12. The molecular weight excluding hydrogens is 390 g/mol. The van der Waals surface area contributed by atoms with Gasteiger partial charge in [-0.2, -0.15) is 0 Å².